The topological polar surface area (TPSA) is 45.7 Å². The number of pyridine rings is 1. The fraction of sp³-hybridized carbons (Fsp3) is 0.400. The smallest absolute Gasteiger partial charge is 0.253 e. The normalized spacial score (nSPS) is 20.2. The van der Waals surface area contributed by atoms with Gasteiger partial charge >= 0.3 is 0 Å². The highest BCUT2D eigenvalue weighted by Gasteiger charge is 2.42. The number of morpholine rings is 1. The summed E-state index contributed by atoms with van der Waals surface area (Å²) in [5.41, 5.74) is 0.986. The quantitative estimate of drug-likeness (QED) is 0.830. The maximum absolute atomic E-state index is 13.6. The van der Waals surface area contributed by atoms with E-state index < -0.39 is 5.60 Å². The molecule has 142 valence electrons. The lowest BCUT2D eigenvalue weighted by Crippen LogP contribution is -2.58. The van der Waals surface area contributed by atoms with Crippen LogP contribution in [0.5, 0.6) is 0 Å². The van der Waals surface area contributed by atoms with Gasteiger partial charge in [0, 0.05) is 31.5 Å². The maximum Gasteiger partial charge on any atom is 0.253 e. The predicted molar refractivity (Wildman–Crippen MR) is 96.1 cm³/mol. The van der Waals surface area contributed by atoms with Gasteiger partial charge in [-0.25, -0.2) is 8.78 Å². The van der Waals surface area contributed by atoms with E-state index in [1.165, 1.54) is 24.4 Å². The third-order valence-electron chi connectivity index (χ3n) is 5.30. The van der Waals surface area contributed by atoms with Crippen LogP contribution in [0.1, 0.15) is 18.4 Å². The van der Waals surface area contributed by atoms with Crippen LogP contribution in [0.15, 0.2) is 42.7 Å². The van der Waals surface area contributed by atoms with E-state index in [2.05, 4.69) is 9.88 Å². The lowest BCUT2D eigenvalue weighted by Gasteiger charge is -2.47. The van der Waals surface area contributed by atoms with Gasteiger partial charge in [0.1, 0.15) is 18.2 Å². The zero-order chi connectivity index (χ0) is 18.9. The summed E-state index contributed by atoms with van der Waals surface area (Å²) in [7, 11) is 0. The number of carbonyl (C=O) groups is 1. The molecule has 0 atom stereocenters. The minimum absolute atomic E-state index is 0.00430. The van der Waals surface area contributed by atoms with E-state index in [4.69, 9.17) is 4.74 Å². The van der Waals surface area contributed by atoms with Crippen LogP contribution in [0.25, 0.3) is 0 Å². The van der Waals surface area contributed by atoms with Crippen LogP contribution < -0.4 is 4.90 Å². The number of benzene rings is 1. The number of anilines is 1. The molecule has 3 heterocycles. The summed E-state index contributed by atoms with van der Waals surface area (Å²) in [6.45, 7) is 2.62. The number of nitrogens with zero attached hydrogens (tertiary/aromatic N) is 3. The van der Waals surface area contributed by atoms with Gasteiger partial charge in [0.15, 0.2) is 0 Å². The van der Waals surface area contributed by atoms with Gasteiger partial charge in [-0.2, -0.15) is 0 Å². The molecular weight excluding hydrogens is 352 g/mol. The third kappa shape index (κ3) is 3.99. The van der Waals surface area contributed by atoms with Crippen molar-refractivity contribution in [2.24, 2.45) is 0 Å². The molecule has 2 fully saturated rings. The lowest BCUT2D eigenvalue weighted by molar-refractivity contribution is -0.144. The Morgan fingerprint density at radius 3 is 2.67 bits per heavy atom. The van der Waals surface area contributed by atoms with E-state index in [9.17, 15) is 13.6 Å². The molecule has 0 saturated carbocycles. The molecule has 2 saturated heterocycles. The minimum Gasteiger partial charge on any atom is -0.363 e. The van der Waals surface area contributed by atoms with E-state index >= 15 is 0 Å². The molecule has 4 rings (SSSR count). The molecule has 0 aliphatic carbocycles. The van der Waals surface area contributed by atoms with Gasteiger partial charge in [-0.15, -0.1) is 0 Å². The molecule has 27 heavy (non-hydrogen) atoms. The first-order valence-corrected chi connectivity index (χ1v) is 9.05. The summed E-state index contributed by atoms with van der Waals surface area (Å²) in [5, 5.41) is 0. The van der Waals surface area contributed by atoms with Gasteiger partial charge in [-0.3, -0.25) is 14.7 Å². The van der Waals surface area contributed by atoms with E-state index in [1.54, 1.807) is 23.2 Å². The predicted octanol–water partition coefficient (Wildman–Crippen LogP) is 2.76. The Hall–Kier alpha value is -2.38. The van der Waals surface area contributed by atoms with Crippen LogP contribution in [0.4, 0.5) is 14.5 Å². The summed E-state index contributed by atoms with van der Waals surface area (Å²) in [6.07, 6.45) is 4.39. The highest BCUT2D eigenvalue weighted by molar-refractivity contribution is 5.95. The van der Waals surface area contributed by atoms with Gasteiger partial charge in [0.2, 0.25) is 0 Å². The number of likely N-dealkylation sites (tertiary alicyclic amines) is 1. The van der Waals surface area contributed by atoms with Crippen molar-refractivity contribution >= 4 is 11.6 Å². The van der Waals surface area contributed by atoms with Crippen LogP contribution in [0.3, 0.4) is 0 Å². The van der Waals surface area contributed by atoms with Crippen LogP contribution in [-0.2, 0) is 16.1 Å². The zero-order valence-electron chi connectivity index (χ0n) is 14.9. The number of amides is 1. The van der Waals surface area contributed by atoms with Crippen molar-refractivity contribution in [3.63, 3.8) is 0 Å². The van der Waals surface area contributed by atoms with Crippen LogP contribution in [-0.4, -0.2) is 47.6 Å². The first kappa shape index (κ1) is 18.0. The van der Waals surface area contributed by atoms with Gasteiger partial charge in [-0.1, -0.05) is 6.07 Å². The molecule has 0 unspecified atom stereocenters. The van der Waals surface area contributed by atoms with Gasteiger partial charge < -0.3 is 9.64 Å². The second kappa shape index (κ2) is 7.32. The number of hydrogen-bond donors (Lipinski definition) is 0. The van der Waals surface area contributed by atoms with E-state index in [-0.39, 0.29) is 24.1 Å². The van der Waals surface area contributed by atoms with Gasteiger partial charge in [0.05, 0.1) is 18.3 Å². The van der Waals surface area contributed by atoms with Crippen molar-refractivity contribution in [1.29, 1.82) is 0 Å². The summed E-state index contributed by atoms with van der Waals surface area (Å²) >= 11 is 0. The Morgan fingerprint density at radius 2 is 1.93 bits per heavy atom. The maximum atomic E-state index is 13.6. The fourth-order valence-electron chi connectivity index (χ4n) is 3.82. The molecule has 1 aromatic carbocycles. The molecule has 2 aromatic rings. The summed E-state index contributed by atoms with van der Waals surface area (Å²) < 4.78 is 32.8. The van der Waals surface area contributed by atoms with E-state index in [1.807, 2.05) is 0 Å². The van der Waals surface area contributed by atoms with E-state index in [0.29, 0.717) is 18.8 Å². The van der Waals surface area contributed by atoms with E-state index in [0.717, 1.165) is 31.5 Å². The number of hydrogen-bond acceptors (Lipinski definition) is 4. The summed E-state index contributed by atoms with van der Waals surface area (Å²) in [6, 6.07) is 7.59. The summed E-state index contributed by atoms with van der Waals surface area (Å²) in [4.78, 5) is 20.0. The molecule has 2 aliphatic rings. The number of halogens is 2. The second-order valence-corrected chi connectivity index (χ2v) is 7.22. The number of aromatic nitrogens is 1. The number of piperidine rings is 1. The standard InChI is InChI=1S/C20H21F2N3O2/c21-16-2-1-3-18(9-16)25-14-20(27-13-19(25)26)4-6-24(7-5-20)12-15-8-17(22)11-23-10-15/h1-3,8-11H,4-7,12-14H2. The Labute approximate surface area is 156 Å². The SMILES string of the molecule is O=C1COC2(CCN(Cc3cncc(F)c3)CC2)CN1c1cccc(F)c1. The Balaban J connectivity index is 1.42. The molecule has 0 radical (unpaired) electrons. The molecule has 7 heteroatoms. The molecule has 2 aliphatic heterocycles. The largest absolute Gasteiger partial charge is 0.363 e. The highest BCUT2D eigenvalue weighted by Crippen LogP contribution is 2.33. The molecular formula is C20H21F2N3O2. The number of rotatable bonds is 3. The Kier molecular flexibility index (Phi) is 4.88. The van der Waals surface area contributed by atoms with Crippen LogP contribution >= 0.6 is 0 Å². The van der Waals surface area contributed by atoms with Gasteiger partial charge in [0.25, 0.3) is 5.91 Å². The zero-order valence-corrected chi connectivity index (χ0v) is 14.9. The highest BCUT2D eigenvalue weighted by atomic mass is 19.1. The van der Waals surface area contributed by atoms with Crippen molar-refractivity contribution < 1.29 is 18.3 Å². The van der Waals surface area contributed by atoms with Gasteiger partial charge in [-0.05, 0) is 42.7 Å². The third-order valence-corrected chi connectivity index (χ3v) is 5.30. The molecule has 0 bridgehead atoms. The molecule has 1 aromatic heterocycles. The minimum atomic E-state index is -0.420. The second-order valence-electron chi connectivity index (χ2n) is 7.22. The fourth-order valence-corrected chi connectivity index (χ4v) is 3.82. The molecule has 1 amide bonds. The molecule has 5 nitrogen and oxygen atoms in total. The molecule has 0 N–H and O–H groups in total. The first-order valence-electron chi connectivity index (χ1n) is 9.05. The van der Waals surface area contributed by atoms with Crippen LogP contribution in [0, 0.1) is 11.6 Å². The first-order chi connectivity index (χ1) is 13.0. The average molecular weight is 373 g/mol. The van der Waals surface area contributed by atoms with Crippen molar-refractivity contribution in [1.82, 2.24) is 9.88 Å². The van der Waals surface area contributed by atoms with Crippen LogP contribution in [0.2, 0.25) is 0 Å². The molecule has 1 spiro atoms. The number of carbonyl (C=O) groups excluding carboxylic acids is 1. The monoisotopic (exact) mass is 373 g/mol. The Morgan fingerprint density at radius 1 is 1.11 bits per heavy atom. The average Bonchev–Trinajstić information content (AvgIpc) is 2.66. The van der Waals surface area contributed by atoms with Crippen molar-refractivity contribution in [3.05, 3.63) is 59.9 Å². The Bertz CT molecular complexity index is 837. The van der Waals surface area contributed by atoms with Crippen molar-refractivity contribution in [2.75, 3.05) is 31.1 Å². The lowest BCUT2D eigenvalue weighted by atomic mass is 9.89. The van der Waals surface area contributed by atoms with Crippen molar-refractivity contribution in [3.8, 4) is 0 Å². The summed E-state index contributed by atoms with van der Waals surface area (Å²) in [5.74, 6) is -0.848. The number of ether oxygens (including phenoxy) is 1. The van der Waals surface area contributed by atoms with Crippen molar-refractivity contribution in [2.45, 2.75) is 25.0 Å².